The Morgan fingerprint density at radius 3 is 1.70 bits per heavy atom. The molecule has 0 bridgehead atoms. The molecule has 0 amide bonds. The first-order valence-electron chi connectivity index (χ1n) is 7.68. The molecule has 0 heterocycles. The molecule has 0 saturated carbocycles. The molecule has 0 atom stereocenters. The number of aryl methyl sites for hydroxylation is 2. The first-order chi connectivity index (χ1) is 11.1. The maximum atomic E-state index is 5.98. The number of benzene rings is 3. The fourth-order valence-corrected chi connectivity index (χ4v) is 3.21. The van der Waals surface area contributed by atoms with Crippen LogP contribution in [-0.2, 0) is 0 Å². The van der Waals surface area contributed by atoms with Crippen LogP contribution in [0.5, 0.6) is 0 Å². The molecule has 0 unspecified atom stereocenters. The van der Waals surface area contributed by atoms with Crippen LogP contribution in [-0.4, -0.2) is 5.71 Å². The standard InChI is InChI=1S/C21H16ClN/c1-13-3-9-17-18-10-4-14(2)12-20(18)21(19(17)11-13)23-16-7-5-15(22)6-8-16/h3-12H,1-2H3. The number of nitrogens with zero attached hydrogens (tertiary/aromatic N) is 1. The van der Waals surface area contributed by atoms with Gasteiger partial charge < -0.3 is 0 Å². The van der Waals surface area contributed by atoms with Crippen molar-refractivity contribution in [2.45, 2.75) is 13.8 Å². The highest BCUT2D eigenvalue weighted by Crippen LogP contribution is 2.39. The Morgan fingerprint density at radius 1 is 0.652 bits per heavy atom. The summed E-state index contributed by atoms with van der Waals surface area (Å²) >= 11 is 5.98. The number of aliphatic imine (C=N–C) groups is 1. The Balaban J connectivity index is 1.97. The van der Waals surface area contributed by atoms with E-state index in [9.17, 15) is 0 Å². The topological polar surface area (TPSA) is 12.4 Å². The third kappa shape index (κ3) is 2.47. The first-order valence-corrected chi connectivity index (χ1v) is 8.06. The van der Waals surface area contributed by atoms with Gasteiger partial charge in [-0.1, -0.05) is 47.0 Å². The van der Waals surface area contributed by atoms with Gasteiger partial charge in [-0.2, -0.15) is 0 Å². The third-order valence-corrected chi connectivity index (χ3v) is 4.47. The highest BCUT2D eigenvalue weighted by Gasteiger charge is 2.24. The van der Waals surface area contributed by atoms with E-state index in [1.54, 1.807) is 0 Å². The van der Waals surface area contributed by atoms with E-state index in [2.05, 4.69) is 50.2 Å². The molecule has 4 rings (SSSR count). The van der Waals surface area contributed by atoms with Crippen LogP contribution in [0.4, 0.5) is 5.69 Å². The zero-order valence-corrected chi connectivity index (χ0v) is 13.9. The largest absolute Gasteiger partial charge is 0.248 e. The monoisotopic (exact) mass is 317 g/mol. The summed E-state index contributed by atoms with van der Waals surface area (Å²) in [7, 11) is 0. The minimum absolute atomic E-state index is 0.730. The molecule has 0 aromatic heterocycles. The van der Waals surface area contributed by atoms with E-state index in [1.807, 2.05) is 24.3 Å². The highest BCUT2D eigenvalue weighted by atomic mass is 35.5. The molecule has 23 heavy (non-hydrogen) atoms. The van der Waals surface area contributed by atoms with Gasteiger partial charge in [0.15, 0.2) is 0 Å². The van der Waals surface area contributed by atoms with E-state index in [4.69, 9.17) is 16.6 Å². The van der Waals surface area contributed by atoms with Crippen molar-refractivity contribution in [3.8, 4) is 11.1 Å². The summed E-state index contributed by atoms with van der Waals surface area (Å²) in [4.78, 5) is 4.92. The highest BCUT2D eigenvalue weighted by molar-refractivity contribution is 6.30. The number of hydrogen-bond acceptors (Lipinski definition) is 1. The van der Waals surface area contributed by atoms with E-state index in [-0.39, 0.29) is 0 Å². The van der Waals surface area contributed by atoms with Crippen molar-refractivity contribution in [1.29, 1.82) is 0 Å². The Kier molecular flexibility index (Phi) is 3.32. The van der Waals surface area contributed by atoms with Crippen molar-refractivity contribution in [3.05, 3.63) is 87.9 Å². The van der Waals surface area contributed by atoms with Crippen LogP contribution in [0.15, 0.2) is 65.7 Å². The van der Waals surface area contributed by atoms with Crippen molar-refractivity contribution in [1.82, 2.24) is 0 Å². The molecular formula is C21H16ClN. The second-order valence-corrected chi connectivity index (χ2v) is 6.47. The lowest BCUT2D eigenvalue weighted by Crippen LogP contribution is -1.98. The van der Waals surface area contributed by atoms with Crippen LogP contribution in [0.2, 0.25) is 5.02 Å². The Bertz CT molecular complexity index is 883. The number of hydrogen-bond donors (Lipinski definition) is 0. The number of rotatable bonds is 1. The van der Waals surface area contributed by atoms with Crippen molar-refractivity contribution >= 4 is 23.0 Å². The third-order valence-electron chi connectivity index (χ3n) is 4.22. The van der Waals surface area contributed by atoms with Crippen LogP contribution in [0.3, 0.4) is 0 Å². The maximum Gasteiger partial charge on any atom is 0.0794 e. The van der Waals surface area contributed by atoms with Crippen molar-refractivity contribution in [3.63, 3.8) is 0 Å². The van der Waals surface area contributed by atoms with Gasteiger partial charge in [0.2, 0.25) is 0 Å². The molecule has 1 aliphatic rings. The summed E-state index contributed by atoms with van der Waals surface area (Å²) < 4.78 is 0. The van der Waals surface area contributed by atoms with Gasteiger partial charge in [0.05, 0.1) is 11.4 Å². The molecule has 2 heteroatoms. The van der Waals surface area contributed by atoms with E-state index < -0.39 is 0 Å². The van der Waals surface area contributed by atoms with Gasteiger partial charge in [-0.25, -0.2) is 4.99 Å². The SMILES string of the molecule is Cc1ccc2c(c1)C(=Nc1ccc(Cl)cc1)c1cc(C)ccc1-2. The molecule has 0 aliphatic heterocycles. The fraction of sp³-hybridized carbons (Fsp3) is 0.0952. The van der Waals surface area contributed by atoms with Crippen molar-refractivity contribution in [2.24, 2.45) is 4.99 Å². The Hall–Kier alpha value is -2.38. The zero-order chi connectivity index (χ0) is 16.0. The van der Waals surface area contributed by atoms with Crippen molar-refractivity contribution < 1.29 is 0 Å². The first kappa shape index (κ1) is 14.2. The molecule has 112 valence electrons. The molecule has 1 nitrogen and oxygen atoms in total. The van der Waals surface area contributed by atoms with Gasteiger partial charge in [-0.05, 0) is 61.4 Å². The maximum absolute atomic E-state index is 5.98. The quantitative estimate of drug-likeness (QED) is 0.402. The molecule has 0 radical (unpaired) electrons. The van der Waals surface area contributed by atoms with Crippen LogP contribution in [0.1, 0.15) is 22.3 Å². The Labute approximate surface area is 141 Å². The van der Waals surface area contributed by atoms with Crippen LogP contribution in [0.25, 0.3) is 11.1 Å². The summed E-state index contributed by atoms with van der Waals surface area (Å²) in [6.45, 7) is 4.24. The predicted octanol–water partition coefficient (Wildman–Crippen LogP) is 6.11. The molecule has 0 spiro atoms. The summed E-state index contributed by atoms with van der Waals surface area (Å²) in [6.07, 6.45) is 0. The minimum Gasteiger partial charge on any atom is -0.248 e. The van der Waals surface area contributed by atoms with Crippen LogP contribution < -0.4 is 0 Å². The van der Waals surface area contributed by atoms with Crippen LogP contribution >= 0.6 is 11.6 Å². The molecule has 0 fully saturated rings. The van der Waals surface area contributed by atoms with Gasteiger partial charge in [0.1, 0.15) is 0 Å². The number of fused-ring (bicyclic) bond motifs is 3. The van der Waals surface area contributed by atoms with Crippen LogP contribution in [0, 0.1) is 13.8 Å². The van der Waals surface area contributed by atoms with Gasteiger partial charge in [0.25, 0.3) is 0 Å². The van der Waals surface area contributed by atoms with Gasteiger partial charge in [0, 0.05) is 16.1 Å². The van der Waals surface area contributed by atoms with Gasteiger partial charge in [-0.15, -0.1) is 0 Å². The molecule has 1 aliphatic carbocycles. The lowest BCUT2D eigenvalue weighted by molar-refractivity contribution is 1.45. The van der Waals surface area contributed by atoms with E-state index in [0.717, 1.165) is 16.4 Å². The average molecular weight is 318 g/mol. The van der Waals surface area contributed by atoms with Crippen molar-refractivity contribution in [2.75, 3.05) is 0 Å². The molecule has 0 saturated heterocycles. The summed E-state index contributed by atoms with van der Waals surface area (Å²) in [5, 5.41) is 0.730. The summed E-state index contributed by atoms with van der Waals surface area (Å²) in [6, 6.07) is 20.8. The summed E-state index contributed by atoms with van der Waals surface area (Å²) in [5.74, 6) is 0. The fourth-order valence-electron chi connectivity index (χ4n) is 3.09. The molecule has 3 aromatic rings. The van der Waals surface area contributed by atoms with E-state index >= 15 is 0 Å². The molecule has 0 N–H and O–H groups in total. The van der Waals surface area contributed by atoms with Gasteiger partial charge in [-0.3, -0.25) is 0 Å². The molecular weight excluding hydrogens is 302 g/mol. The smallest absolute Gasteiger partial charge is 0.0794 e. The summed E-state index contributed by atoms with van der Waals surface area (Å²) in [5.41, 5.74) is 9.41. The normalized spacial score (nSPS) is 12.0. The second-order valence-electron chi connectivity index (χ2n) is 6.03. The second kappa shape index (κ2) is 5.36. The predicted molar refractivity (Wildman–Crippen MR) is 98.1 cm³/mol. The zero-order valence-electron chi connectivity index (χ0n) is 13.1. The van der Waals surface area contributed by atoms with E-state index in [0.29, 0.717) is 0 Å². The Morgan fingerprint density at radius 2 is 1.17 bits per heavy atom. The number of halogens is 1. The van der Waals surface area contributed by atoms with Gasteiger partial charge >= 0.3 is 0 Å². The lowest BCUT2D eigenvalue weighted by atomic mass is 10.0. The minimum atomic E-state index is 0.730. The lowest BCUT2D eigenvalue weighted by Gasteiger charge is -2.04. The van der Waals surface area contributed by atoms with E-state index in [1.165, 1.54) is 33.4 Å². The average Bonchev–Trinajstić information content (AvgIpc) is 2.82. The molecule has 3 aromatic carbocycles.